The Morgan fingerprint density at radius 2 is 1.85 bits per heavy atom. The molecule has 0 fully saturated rings. The third-order valence-electron chi connectivity index (χ3n) is 3.28. The molecule has 0 heterocycles. The molecule has 0 aliphatic carbocycles. The fraction of sp³-hybridized carbons (Fsp3) is 0.125. The van der Waals surface area contributed by atoms with E-state index < -0.39 is 10.8 Å². The highest BCUT2D eigenvalue weighted by Gasteiger charge is 2.16. The number of hydrogen-bond acceptors (Lipinski definition) is 6. The molecule has 136 valence electrons. The molecule has 2 N–H and O–H groups in total. The van der Waals surface area contributed by atoms with E-state index in [1.165, 1.54) is 38.5 Å². The Kier molecular flexibility index (Phi) is 6.31. The monoisotopic (exact) mass is 395 g/mol. The normalized spacial score (nSPS) is 9.96. The number of hydrogen-bond donors (Lipinski definition) is 2. The molecule has 26 heavy (non-hydrogen) atoms. The molecule has 0 saturated carbocycles. The van der Waals surface area contributed by atoms with Gasteiger partial charge in [0.25, 0.3) is 11.6 Å². The second-order valence-corrected chi connectivity index (χ2v) is 5.74. The Labute approximate surface area is 159 Å². The lowest BCUT2D eigenvalue weighted by molar-refractivity contribution is -0.384. The van der Waals surface area contributed by atoms with Crippen LogP contribution in [0, 0.1) is 10.1 Å². The average molecular weight is 396 g/mol. The lowest BCUT2D eigenvalue weighted by atomic mass is 10.2. The second kappa shape index (κ2) is 8.45. The number of methoxy groups -OCH3 is 2. The Bertz CT molecular complexity index is 875. The van der Waals surface area contributed by atoms with E-state index in [4.69, 9.17) is 33.3 Å². The molecule has 0 spiro atoms. The second-order valence-electron chi connectivity index (χ2n) is 4.89. The van der Waals surface area contributed by atoms with E-state index in [9.17, 15) is 14.9 Å². The van der Waals surface area contributed by atoms with Gasteiger partial charge in [-0.05, 0) is 36.5 Å². The number of rotatable bonds is 5. The van der Waals surface area contributed by atoms with Crippen LogP contribution >= 0.6 is 23.8 Å². The number of anilines is 1. The van der Waals surface area contributed by atoms with Crippen LogP contribution in [0.3, 0.4) is 0 Å². The molecular formula is C16H14ClN3O5S. The molecule has 0 aliphatic heterocycles. The zero-order valence-corrected chi connectivity index (χ0v) is 15.3. The van der Waals surface area contributed by atoms with E-state index in [1.54, 1.807) is 12.1 Å². The summed E-state index contributed by atoms with van der Waals surface area (Å²) in [5.74, 6) is 0.0153. The minimum atomic E-state index is -0.544. The molecule has 2 rings (SSSR count). The first kappa shape index (κ1) is 19.4. The van der Waals surface area contributed by atoms with Crippen LogP contribution in [-0.4, -0.2) is 30.2 Å². The fourth-order valence-electron chi connectivity index (χ4n) is 2.08. The molecular weight excluding hydrogens is 382 g/mol. The van der Waals surface area contributed by atoms with Gasteiger partial charge in [-0.3, -0.25) is 20.2 Å². The van der Waals surface area contributed by atoms with Crippen molar-refractivity contribution in [2.45, 2.75) is 0 Å². The number of amides is 1. The molecule has 0 aliphatic rings. The van der Waals surface area contributed by atoms with Gasteiger partial charge < -0.3 is 14.8 Å². The predicted octanol–water partition coefficient (Wildman–Crippen LogP) is 3.39. The van der Waals surface area contributed by atoms with Crippen LogP contribution in [0.4, 0.5) is 11.4 Å². The van der Waals surface area contributed by atoms with Crippen LogP contribution in [0.25, 0.3) is 0 Å². The van der Waals surface area contributed by atoms with Crippen molar-refractivity contribution in [2.75, 3.05) is 19.5 Å². The number of nitro benzene ring substituents is 1. The van der Waals surface area contributed by atoms with Crippen LogP contribution in [0.5, 0.6) is 11.5 Å². The molecule has 0 atom stereocenters. The van der Waals surface area contributed by atoms with Gasteiger partial charge in [0.1, 0.15) is 11.5 Å². The van der Waals surface area contributed by atoms with Gasteiger partial charge in [-0.15, -0.1) is 0 Å². The maximum absolute atomic E-state index is 12.4. The van der Waals surface area contributed by atoms with Crippen molar-refractivity contribution in [3.8, 4) is 11.5 Å². The van der Waals surface area contributed by atoms with Gasteiger partial charge in [0.15, 0.2) is 5.11 Å². The number of nitrogens with one attached hydrogen (secondary N) is 2. The molecule has 2 aromatic carbocycles. The number of thiocarbonyl (C=S) groups is 1. The van der Waals surface area contributed by atoms with E-state index in [0.29, 0.717) is 16.5 Å². The number of ether oxygens (including phenoxy) is 2. The van der Waals surface area contributed by atoms with Crippen molar-refractivity contribution in [1.29, 1.82) is 0 Å². The average Bonchev–Trinajstić information content (AvgIpc) is 2.61. The van der Waals surface area contributed by atoms with Gasteiger partial charge in [0.2, 0.25) is 0 Å². The zero-order valence-electron chi connectivity index (χ0n) is 13.7. The molecule has 0 radical (unpaired) electrons. The standard InChI is InChI=1S/C16H14ClN3O5S/c1-24-13-6-3-9(17)7-11(13)15(21)19-16(26)18-12-5-4-10(20(22)23)8-14(12)25-2/h3-8H,1-2H3,(H2,18,19,21,26). The van der Waals surface area contributed by atoms with Gasteiger partial charge in [-0.2, -0.15) is 0 Å². The Morgan fingerprint density at radius 3 is 2.46 bits per heavy atom. The van der Waals surface area contributed by atoms with Crippen LogP contribution < -0.4 is 20.1 Å². The summed E-state index contributed by atoms with van der Waals surface area (Å²) in [6.45, 7) is 0. The molecule has 0 saturated heterocycles. The number of nitrogens with zero attached hydrogens (tertiary/aromatic N) is 1. The summed E-state index contributed by atoms with van der Waals surface area (Å²) in [5, 5.41) is 16.4. The molecule has 8 nitrogen and oxygen atoms in total. The van der Waals surface area contributed by atoms with Crippen molar-refractivity contribution in [3.05, 3.63) is 57.1 Å². The van der Waals surface area contributed by atoms with Crippen molar-refractivity contribution in [1.82, 2.24) is 5.32 Å². The highest BCUT2D eigenvalue weighted by molar-refractivity contribution is 7.80. The quantitative estimate of drug-likeness (QED) is 0.454. The molecule has 0 unspecified atom stereocenters. The molecule has 2 aromatic rings. The maximum atomic E-state index is 12.4. The van der Waals surface area contributed by atoms with Crippen LogP contribution in [0.15, 0.2) is 36.4 Å². The maximum Gasteiger partial charge on any atom is 0.273 e. The fourth-order valence-corrected chi connectivity index (χ4v) is 2.45. The highest BCUT2D eigenvalue weighted by atomic mass is 35.5. The number of carbonyl (C=O) groups is 1. The van der Waals surface area contributed by atoms with E-state index in [-0.39, 0.29) is 22.1 Å². The summed E-state index contributed by atoms with van der Waals surface area (Å²) < 4.78 is 10.2. The Balaban J connectivity index is 2.15. The SMILES string of the molecule is COc1cc([N+](=O)[O-])ccc1NC(=S)NC(=O)c1cc(Cl)ccc1OC. The van der Waals surface area contributed by atoms with Crippen molar-refractivity contribution in [2.24, 2.45) is 0 Å². The summed E-state index contributed by atoms with van der Waals surface area (Å²) in [6.07, 6.45) is 0. The largest absolute Gasteiger partial charge is 0.496 e. The highest BCUT2D eigenvalue weighted by Crippen LogP contribution is 2.29. The molecule has 0 aromatic heterocycles. The van der Waals surface area contributed by atoms with Gasteiger partial charge >= 0.3 is 0 Å². The summed E-state index contributed by atoms with van der Waals surface area (Å²) in [7, 11) is 2.79. The first-order valence-electron chi connectivity index (χ1n) is 7.14. The van der Waals surface area contributed by atoms with Gasteiger partial charge in [0, 0.05) is 11.1 Å². The van der Waals surface area contributed by atoms with Gasteiger partial charge in [0.05, 0.1) is 36.5 Å². The predicted molar refractivity (Wildman–Crippen MR) is 101 cm³/mol. The summed E-state index contributed by atoms with van der Waals surface area (Å²) in [4.78, 5) is 22.7. The summed E-state index contributed by atoms with van der Waals surface area (Å²) in [5.41, 5.74) is 0.437. The minimum Gasteiger partial charge on any atom is -0.496 e. The number of benzene rings is 2. The number of nitro groups is 1. The number of non-ortho nitro benzene ring substituents is 1. The number of carbonyl (C=O) groups excluding carboxylic acids is 1. The van der Waals surface area contributed by atoms with Crippen LogP contribution in [0.2, 0.25) is 5.02 Å². The topological polar surface area (TPSA) is 103 Å². The third-order valence-corrected chi connectivity index (χ3v) is 3.72. The lowest BCUT2D eigenvalue weighted by Gasteiger charge is -2.13. The smallest absolute Gasteiger partial charge is 0.273 e. The summed E-state index contributed by atoms with van der Waals surface area (Å²) in [6, 6.07) is 8.56. The molecule has 0 bridgehead atoms. The van der Waals surface area contributed by atoms with Gasteiger partial charge in [-0.25, -0.2) is 0 Å². The van der Waals surface area contributed by atoms with Crippen molar-refractivity contribution >= 4 is 46.2 Å². The third kappa shape index (κ3) is 4.58. The Hall–Kier alpha value is -2.91. The first-order chi connectivity index (χ1) is 12.3. The van der Waals surface area contributed by atoms with Crippen LogP contribution in [0.1, 0.15) is 10.4 Å². The first-order valence-corrected chi connectivity index (χ1v) is 7.92. The van der Waals surface area contributed by atoms with Crippen molar-refractivity contribution < 1.29 is 19.2 Å². The van der Waals surface area contributed by atoms with E-state index >= 15 is 0 Å². The van der Waals surface area contributed by atoms with E-state index in [0.717, 1.165) is 0 Å². The van der Waals surface area contributed by atoms with Crippen molar-refractivity contribution in [3.63, 3.8) is 0 Å². The number of halogens is 1. The summed E-state index contributed by atoms with van der Waals surface area (Å²) >= 11 is 11.0. The molecule has 10 heteroatoms. The Morgan fingerprint density at radius 1 is 1.15 bits per heavy atom. The van der Waals surface area contributed by atoms with Crippen LogP contribution in [-0.2, 0) is 0 Å². The van der Waals surface area contributed by atoms with E-state index in [2.05, 4.69) is 10.6 Å². The lowest BCUT2D eigenvalue weighted by Crippen LogP contribution is -2.34. The van der Waals surface area contributed by atoms with Gasteiger partial charge in [-0.1, -0.05) is 11.6 Å². The minimum absolute atomic E-state index is 0.0239. The zero-order chi connectivity index (χ0) is 19.3. The molecule has 1 amide bonds. The van der Waals surface area contributed by atoms with E-state index in [1.807, 2.05) is 0 Å².